The van der Waals surface area contributed by atoms with Gasteiger partial charge in [0.1, 0.15) is 6.54 Å². The van der Waals surface area contributed by atoms with Crippen LogP contribution in [0.3, 0.4) is 0 Å². The van der Waals surface area contributed by atoms with E-state index in [9.17, 15) is 9.90 Å². The number of carboxylic acids is 1. The number of aliphatic carboxylic acids is 1. The Morgan fingerprint density at radius 3 is 2.14 bits per heavy atom. The summed E-state index contributed by atoms with van der Waals surface area (Å²) in [7, 11) is 0. The fourth-order valence-electron chi connectivity index (χ4n) is 2.56. The van der Waals surface area contributed by atoms with Gasteiger partial charge in [-0.3, -0.25) is 4.79 Å². The number of anilines is 1. The maximum absolute atomic E-state index is 11.2. The van der Waals surface area contributed by atoms with E-state index in [2.05, 4.69) is 19.1 Å². The molecule has 0 spiro atoms. The lowest BCUT2D eigenvalue weighted by Crippen LogP contribution is -2.40. The average molecular weight is 283 g/mol. The average Bonchev–Trinajstić information content (AvgIpc) is 2.52. The molecule has 0 heterocycles. The molecule has 3 heteroatoms. The Morgan fingerprint density at radius 2 is 1.62 bits per heavy atom. The maximum atomic E-state index is 11.2. The first-order valence-electron chi connectivity index (χ1n) is 7.28. The fourth-order valence-corrected chi connectivity index (χ4v) is 2.56. The van der Waals surface area contributed by atoms with Gasteiger partial charge in [0.25, 0.3) is 0 Å². The van der Waals surface area contributed by atoms with Crippen molar-refractivity contribution >= 4 is 11.7 Å². The van der Waals surface area contributed by atoms with Crippen molar-refractivity contribution in [2.45, 2.75) is 25.8 Å². The largest absolute Gasteiger partial charge is 0.480 e. The lowest BCUT2D eigenvalue weighted by Gasteiger charge is -2.32. The van der Waals surface area contributed by atoms with Crippen molar-refractivity contribution in [1.29, 1.82) is 0 Å². The van der Waals surface area contributed by atoms with Gasteiger partial charge in [-0.05, 0) is 30.5 Å². The van der Waals surface area contributed by atoms with Gasteiger partial charge >= 0.3 is 5.97 Å². The third kappa shape index (κ3) is 4.35. The van der Waals surface area contributed by atoms with Gasteiger partial charge in [0, 0.05) is 11.7 Å². The number of nitrogens with zero attached hydrogens (tertiary/aromatic N) is 1. The van der Waals surface area contributed by atoms with E-state index in [1.165, 1.54) is 5.56 Å². The summed E-state index contributed by atoms with van der Waals surface area (Å²) in [5, 5.41) is 9.21. The minimum atomic E-state index is -0.801. The summed E-state index contributed by atoms with van der Waals surface area (Å²) in [4.78, 5) is 13.2. The summed E-state index contributed by atoms with van der Waals surface area (Å²) in [5.41, 5.74) is 2.19. The summed E-state index contributed by atoms with van der Waals surface area (Å²) in [5.74, 6) is -0.801. The van der Waals surface area contributed by atoms with Crippen LogP contribution in [0.15, 0.2) is 60.7 Å². The van der Waals surface area contributed by atoms with Gasteiger partial charge in [-0.15, -0.1) is 0 Å². The predicted octanol–water partition coefficient (Wildman–Crippen LogP) is 3.60. The van der Waals surface area contributed by atoms with Gasteiger partial charge in [-0.25, -0.2) is 0 Å². The smallest absolute Gasteiger partial charge is 0.323 e. The number of carbonyl (C=O) groups is 1. The minimum absolute atomic E-state index is 0.0232. The Labute approximate surface area is 125 Å². The van der Waals surface area contributed by atoms with Gasteiger partial charge in [-0.2, -0.15) is 0 Å². The van der Waals surface area contributed by atoms with E-state index in [0.29, 0.717) is 0 Å². The van der Waals surface area contributed by atoms with Crippen LogP contribution < -0.4 is 4.90 Å². The Kier molecular flexibility index (Phi) is 5.38. The van der Waals surface area contributed by atoms with Gasteiger partial charge in [-0.1, -0.05) is 55.5 Å². The van der Waals surface area contributed by atoms with E-state index in [0.717, 1.165) is 18.5 Å². The first kappa shape index (κ1) is 15.1. The predicted molar refractivity (Wildman–Crippen MR) is 85.6 cm³/mol. The number of para-hydroxylation sites is 1. The van der Waals surface area contributed by atoms with E-state index in [1.807, 2.05) is 53.4 Å². The van der Waals surface area contributed by atoms with Crippen LogP contribution >= 0.6 is 0 Å². The molecule has 0 saturated heterocycles. The van der Waals surface area contributed by atoms with Crippen LogP contribution in [0.2, 0.25) is 0 Å². The highest BCUT2D eigenvalue weighted by Crippen LogP contribution is 2.20. The third-order valence-corrected chi connectivity index (χ3v) is 3.62. The van der Waals surface area contributed by atoms with Gasteiger partial charge in [0.15, 0.2) is 0 Å². The lowest BCUT2D eigenvalue weighted by atomic mass is 10.0. The second-order valence-electron chi connectivity index (χ2n) is 5.11. The molecule has 3 nitrogen and oxygen atoms in total. The van der Waals surface area contributed by atoms with Crippen LogP contribution in [0, 0.1) is 0 Å². The molecular formula is C18H21NO2. The standard InChI is InChI=1S/C18H21NO2/c1-2-16(13-15-9-5-3-6-10-15)19(14-18(20)21)17-11-7-4-8-12-17/h3-12,16H,2,13-14H2,1H3,(H,20,21). The molecule has 0 aliphatic carbocycles. The van der Waals surface area contributed by atoms with Gasteiger partial charge in [0.2, 0.25) is 0 Å². The van der Waals surface area contributed by atoms with Crippen LogP contribution in [0.4, 0.5) is 5.69 Å². The second kappa shape index (κ2) is 7.48. The second-order valence-corrected chi connectivity index (χ2v) is 5.11. The monoisotopic (exact) mass is 283 g/mol. The summed E-state index contributed by atoms with van der Waals surface area (Å²) in [6, 6.07) is 20.2. The van der Waals surface area contributed by atoms with Gasteiger partial charge < -0.3 is 10.0 Å². The number of hydrogen-bond donors (Lipinski definition) is 1. The molecule has 21 heavy (non-hydrogen) atoms. The van der Waals surface area contributed by atoms with E-state index < -0.39 is 5.97 Å². The molecule has 2 aromatic rings. The Bertz CT molecular complexity index is 554. The zero-order valence-electron chi connectivity index (χ0n) is 12.3. The summed E-state index contributed by atoms with van der Waals surface area (Å²) < 4.78 is 0. The van der Waals surface area contributed by atoms with E-state index in [4.69, 9.17) is 0 Å². The van der Waals surface area contributed by atoms with Crippen molar-refractivity contribution in [3.63, 3.8) is 0 Å². The fraction of sp³-hybridized carbons (Fsp3) is 0.278. The quantitative estimate of drug-likeness (QED) is 0.844. The van der Waals surface area contributed by atoms with Gasteiger partial charge in [0.05, 0.1) is 0 Å². The van der Waals surface area contributed by atoms with Crippen LogP contribution in [0.25, 0.3) is 0 Å². The number of hydrogen-bond acceptors (Lipinski definition) is 2. The van der Waals surface area contributed by atoms with Crippen molar-refractivity contribution in [2.24, 2.45) is 0 Å². The summed E-state index contributed by atoms with van der Waals surface area (Å²) in [6.07, 6.45) is 1.75. The zero-order valence-corrected chi connectivity index (χ0v) is 12.3. The van der Waals surface area contributed by atoms with Crippen LogP contribution in [0.1, 0.15) is 18.9 Å². The highest BCUT2D eigenvalue weighted by atomic mass is 16.4. The molecule has 0 aromatic heterocycles. The molecule has 0 fully saturated rings. The molecule has 0 aliphatic rings. The Balaban J connectivity index is 2.23. The number of rotatable bonds is 7. The van der Waals surface area contributed by atoms with Crippen molar-refractivity contribution in [2.75, 3.05) is 11.4 Å². The third-order valence-electron chi connectivity index (χ3n) is 3.62. The topological polar surface area (TPSA) is 40.5 Å². The van der Waals surface area contributed by atoms with Crippen LogP contribution in [-0.4, -0.2) is 23.7 Å². The highest BCUT2D eigenvalue weighted by Gasteiger charge is 2.20. The van der Waals surface area contributed by atoms with E-state index in [-0.39, 0.29) is 12.6 Å². The van der Waals surface area contributed by atoms with E-state index >= 15 is 0 Å². The van der Waals surface area contributed by atoms with Crippen LogP contribution in [-0.2, 0) is 11.2 Å². The van der Waals surface area contributed by atoms with E-state index in [1.54, 1.807) is 0 Å². The molecule has 0 bridgehead atoms. The summed E-state index contributed by atoms with van der Waals surface area (Å²) >= 11 is 0. The molecule has 0 saturated carbocycles. The molecule has 1 unspecified atom stereocenters. The minimum Gasteiger partial charge on any atom is -0.480 e. The highest BCUT2D eigenvalue weighted by molar-refractivity contribution is 5.74. The molecule has 110 valence electrons. The summed E-state index contributed by atoms with van der Waals surface area (Å²) in [6.45, 7) is 2.13. The first-order chi connectivity index (χ1) is 10.2. The molecule has 2 rings (SSSR count). The maximum Gasteiger partial charge on any atom is 0.323 e. The molecule has 0 radical (unpaired) electrons. The SMILES string of the molecule is CCC(Cc1ccccc1)N(CC(=O)O)c1ccccc1. The van der Waals surface area contributed by atoms with Crippen molar-refractivity contribution in [1.82, 2.24) is 0 Å². The molecule has 1 N–H and O–H groups in total. The Morgan fingerprint density at radius 1 is 1.05 bits per heavy atom. The molecule has 1 atom stereocenters. The Hall–Kier alpha value is -2.29. The molecule has 2 aromatic carbocycles. The normalized spacial score (nSPS) is 11.9. The molecule has 0 aliphatic heterocycles. The van der Waals surface area contributed by atoms with Crippen molar-refractivity contribution < 1.29 is 9.90 Å². The first-order valence-corrected chi connectivity index (χ1v) is 7.28. The van der Waals surface area contributed by atoms with Crippen molar-refractivity contribution in [3.8, 4) is 0 Å². The van der Waals surface area contributed by atoms with Crippen LogP contribution in [0.5, 0.6) is 0 Å². The molecular weight excluding hydrogens is 262 g/mol. The lowest BCUT2D eigenvalue weighted by molar-refractivity contribution is -0.135. The molecule has 0 amide bonds. The van der Waals surface area contributed by atoms with Crippen molar-refractivity contribution in [3.05, 3.63) is 66.2 Å². The number of carboxylic acid groups (broad SMARTS) is 1. The zero-order chi connectivity index (χ0) is 15.1. The number of benzene rings is 2.